The first-order valence-electron chi connectivity index (χ1n) is 21.8. The number of amides is 2. The van der Waals surface area contributed by atoms with Crippen molar-refractivity contribution in [2.45, 2.75) is 35.8 Å². The molecule has 0 bridgehead atoms. The second-order valence-electron chi connectivity index (χ2n) is 16.0. The van der Waals surface area contributed by atoms with E-state index in [0.29, 0.717) is 16.7 Å². The summed E-state index contributed by atoms with van der Waals surface area (Å²) in [5.41, 5.74) is -1.81. The molecule has 0 radical (unpaired) electrons. The summed E-state index contributed by atoms with van der Waals surface area (Å²) in [6, 6.07) is 12.3. The number of nitrogens with one attached hydrogen (secondary N) is 2. The van der Waals surface area contributed by atoms with Gasteiger partial charge in [0.1, 0.15) is 44.5 Å². The summed E-state index contributed by atoms with van der Waals surface area (Å²) in [7, 11) is -4.08. The summed E-state index contributed by atoms with van der Waals surface area (Å²) in [6.45, 7) is 21.4. The first kappa shape index (κ1) is 59.2. The van der Waals surface area contributed by atoms with Gasteiger partial charge >= 0.3 is 36.1 Å². The number of phenols is 1. The Balaban J connectivity index is 1.88. The van der Waals surface area contributed by atoms with Crippen molar-refractivity contribution in [3.63, 3.8) is 0 Å². The van der Waals surface area contributed by atoms with Crippen LogP contribution in [0.2, 0.25) is 0 Å². The number of esters is 4. The zero-order chi connectivity index (χ0) is 54.2. The molecule has 3 rings (SSSR count). The Hall–Kier alpha value is -8.11. The fraction of sp³-hybridized carbons (Fsp3) is 0.269. The molecule has 0 aliphatic carbocycles. The molecule has 0 aromatic heterocycles. The number of hydrogen-bond acceptors (Lipinski definition) is 18. The molecule has 3 aromatic rings. The summed E-state index contributed by atoms with van der Waals surface area (Å²) in [4.78, 5) is 75.7. The summed E-state index contributed by atoms with van der Waals surface area (Å²) >= 11 is 0. The molecule has 0 heterocycles. The number of sulfone groups is 1. The lowest BCUT2D eigenvalue weighted by Gasteiger charge is -2.35. The van der Waals surface area contributed by atoms with Crippen molar-refractivity contribution in [3.05, 3.63) is 160 Å². The molecule has 1 unspecified atom stereocenters. The van der Waals surface area contributed by atoms with Crippen molar-refractivity contribution >= 4 is 57.3 Å². The first-order valence-corrected chi connectivity index (χ1v) is 23.3. The van der Waals surface area contributed by atoms with Crippen molar-refractivity contribution in [2.24, 2.45) is 10.8 Å². The summed E-state index contributed by atoms with van der Waals surface area (Å²) < 4.78 is 71.2. The molecule has 4 N–H and O–H groups in total. The van der Waals surface area contributed by atoms with Gasteiger partial charge < -0.3 is 48.1 Å². The molecule has 0 saturated carbocycles. The van der Waals surface area contributed by atoms with Crippen molar-refractivity contribution in [1.82, 2.24) is 0 Å². The number of aliphatic hydroxyl groups excluding tert-OH is 1. The highest BCUT2D eigenvalue weighted by Crippen LogP contribution is 2.32. The third-order valence-corrected chi connectivity index (χ3v) is 11.9. The lowest BCUT2D eigenvalue weighted by molar-refractivity contribution is -0.173. The van der Waals surface area contributed by atoms with E-state index < -0.39 is 116 Å². The molecule has 2 amide bonds. The molecular weight excluding hydrogens is 973 g/mol. The highest BCUT2D eigenvalue weighted by molar-refractivity contribution is 7.91. The number of aromatic hydroxyl groups is 1. The van der Waals surface area contributed by atoms with Crippen LogP contribution in [-0.2, 0) is 75.0 Å². The average molecular weight is 1030 g/mol. The van der Waals surface area contributed by atoms with E-state index in [-0.39, 0.29) is 45.5 Å². The summed E-state index contributed by atoms with van der Waals surface area (Å²) in [6.07, 6.45) is 4.29. The standard InChI is InChI=1S/C52H58N2O18S/c1-9-16-36-24-39(20-22-42(36)55)73(63,64)40-21-23-43(37(25-40)17-10-2)72-50(62)53-38-19-18-35(8)41(26-38)54-49(61)71-34-52(32-69-47(59)14-6,33-70-48(60)15-7)28-65-27-51(29-66-44(56)11-3,30-67-45(57)12-4)31-68-46(58)13-5/h9-15,18-26,44,55-56H,1-7,16-17,27-34H2,8H3,(H,53,62)(H,54,61). The highest BCUT2D eigenvalue weighted by atomic mass is 32.2. The number of hydrogen-bond donors (Lipinski definition) is 4. The molecule has 20 nitrogen and oxygen atoms in total. The molecule has 390 valence electrons. The van der Waals surface area contributed by atoms with E-state index >= 15 is 0 Å². The Morgan fingerprint density at radius 2 is 1.08 bits per heavy atom. The topological polar surface area (TPSA) is 275 Å². The van der Waals surface area contributed by atoms with E-state index in [2.05, 4.69) is 56.7 Å². The number of aliphatic hydroxyl groups is 1. The van der Waals surface area contributed by atoms with Gasteiger partial charge in [-0.15, -0.1) is 13.2 Å². The SMILES string of the molecule is C=CCc1cc(S(=O)(=O)c2ccc(OC(=O)Nc3ccc(C)c(NC(=O)OCC(COCC(COC(=O)C=C)(COC(=O)C=C)COC(O)C=C)(COC(=O)C=C)COC(=O)C=C)c3)c(CC=C)c2)ccc1O. The molecule has 0 spiro atoms. The number of rotatable bonds is 31. The Morgan fingerprint density at radius 3 is 1.59 bits per heavy atom. The fourth-order valence-corrected chi connectivity index (χ4v) is 7.57. The number of carbonyl (C=O) groups excluding carboxylic acids is 6. The molecule has 73 heavy (non-hydrogen) atoms. The quantitative estimate of drug-likeness (QED) is 0.0174. The Bertz CT molecular complexity index is 2630. The first-order chi connectivity index (χ1) is 34.7. The minimum absolute atomic E-state index is 0.0196. The number of aryl methyl sites for hydroxylation is 1. The Kier molecular flexibility index (Phi) is 23.2. The smallest absolute Gasteiger partial charge is 0.417 e. The maximum absolute atomic E-state index is 13.6. The monoisotopic (exact) mass is 1030 g/mol. The van der Waals surface area contributed by atoms with Crippen LogP contribution in [0.15, 0.2) is 153 Å². The van der Waals surface area contributed by atoms with Crippen molar-refractivity contribution < 1.29 is 85.3 Å². The maximum Gasteiger partial charge on any atom is 0.417 e. The second kappa shape index (κ2) is 28.7. The van der Waals surface area contributed by atoms with Gasteiger partial charge in [0.25, 0.3) is 0 Å². The van der Waals surface area contributed by atoms with Crippen molar-refractivity contribution in [1.29, 1.82) is 0 Å². The number of ether oxygens (including phenoxy) is 8. The number of anilines is 2. The van der Waals surface area contributed by atoms with E-state index in [4.69, 9.17) is 37.9 Å². The van der Waals surface area contributed by atoms with Crippen LogP contribution in [0.5, 0.6) is 11.5 Å². The van der Waals surface area contributed by atoms with Crippen LogP contribution >= 0.6 is 0 Å². The van der Waals surface area contributed by atoms with Gasteiger partial charge in [0.2, 0.25) is 9.84 Å². The van der Waals surface area contributed by atoms with E-state index in [1.807, 2.05) is 0 Å². The number of carbonyl (C=O) groups is 6. The van der Waals surface area contributed by atoms with Gasteiger partial charge in [-0.25, -0.2) is 37.2 Å². The molecule has 0 saturated heterocycles. The zero-order valence-corrected chi connectivity index (χ0v) is 41.0. The average Bonchev–Trinajstić information content (AvgIpc) is 3.38. The summed E-state index contributed by atoms with van der Waals surface area (Å²) in [5.74, 6) is -3.64. The lowest BCUT2D eigenvalue weighted by atomic mass is 9.90. The third kappa shape index (κ3) is 18.5. The summed E-state index contributed by atoms with van der Waals surface area (Å²) in [5, 5.41) is 25.4. The van der Waals surface area contributed by atoms with Gasteiger partial charge in [0, 0.05) is 41.2 Å². The number of benzene rings is 3. The van der Waals surface area contributed by atoms with Gasteiger partial charge in [0.05, 0.1) is 40.4 Å². The molecule has 0 aliphatic rings. The van der Waals surface area contributed by atoms with Crippen LogP contribution < -0.4 is 15.4 Å². The number of phenolic OH excluding ortho intramolecular Hbond substituents is 1. The molecule has 0 aliphatic heterocycles. The Labute approximate surface area is 422 Å². The van der Waals surface area contributed by atoms with Crippen molar-refractivity contribution in [3.8, 4) is 11.5 Å². The van der Waals surface area contributed by atoms with Crippen molar-refractivity contribution in [2.75, 3.05) is 63.5 Å². The highest BCUT2D eigenvalue weighted by Gasteiger charge is 2.40. The van der Waals surface area contributed by atoms with Crippen LogP contribution in [0, 0.1) is 17.8 Å². The normalized spacial score (nSPS) is 11.5. The van der Waals surface area contributed by atoms with Gasteiger partial charge in [-0.1, -0.05) is 51.1 Å². The van der Waals surface area contributed by atoms with Crippen LogP contribution in [0.3, 0.4) is 0 Å². The predicted octanol–water partition coefficient (Wildman–Crippen LogP) is 6.58. The van der Waals surface area contributed by atoms with Gasteiger partial charge in [0.15, 0.2) is 6.29 Å². The molecule has 1 atom stereocenters. The van der Waals surface area contributed by atoms with E-state index in [0.717, 1.165) is 30.4 Å². The predicted molar refractivity (Wildman–Crippen MR) is 266 cm³/mol. The van der Waals surface area contributed by atoms with Crippen LogP contribution in [0.4, 0.5) is 21.0 Å². The zero-order valence-electron chi connectivity index (χ0n) is 40.2. The minimum atomic E-state index is -4.08. The fourth-order valence-electron chi connectivity index (χ4n) is 6.21. The molecular formula is C52H58N2O18S. The van der Waals surface area contributed by atoms with Crippen LogP contribution in [0.25, 0.3) is 0 Å². The van der Waals surface area contributed by atoms with Gasteiger partial charge in [-0.05, 0) is 85.5 Å². The number of allylic oxidation sites excluding steroid dienone is 2. The van der Waals surface area contributed by atoms with E-state index in [1.54, 1.807) is 13.0 Å². The largest absolute Gasteiger partial charge is 0.508 e. The Morgan fingerprint density at radius 1 is 0.603 bits per heavy atom. The molecule has 0 fully saturated rings. The van der Waals surface area contributed by atoms with E-state index in [9.17, 15) is 47.4 Å². The second-order valence-corrected chi connectivity index (χ2v) is 17.9. The van der Waals surface area contributed by atoms with Gasteiger partial charge in [-0.3, -0.25) is 10.6 Å². The lowest BCUT2D eigenvalue weighted by Crippen LogP contribution is -2.47. The minimum Gasteiger partial charge on any atom is -0.508 e. The molecule has 3 aromatic carbocycles. The molecule has 21 heteroatoms. The van der Waals surface area contributed by atoms with Crippen LogP contribution in [0.1, 0.15) is 16.7 Å². The third-order valence-electron chi connectivity index (χ3n) is 10.2. The van der Waals surface area contributed by atoms with Gasteiger partial charge in [-0.2, -0.15) is 0 Å². The van der Waals surface area contributed by atoms with Crippen LogP contribution in [-0.4, -0.2) is 114 Å². The maximum atomic E-state index is 13.6. The van der Waals surface area contributed by atoms with E-state index in [1.165, 1.54) is 60.7 Å².